The highest BCUT2D eigenvalue weighted by Gasteiger charge is 2.35. The van der Waals surface area contributed by atoms with Gasteiger partial charge < -0.3 is 5.32 Å². The number of carbonyl (C=O) groups is 2. The molecule has 0 aromatic rings. The van der Waals surface area contributed by atoms with Gasteiger partial charge in [-0.05, 0) is 12.2 Å². The first-order valence-corrected chi connectivity index (χ1v) is 5.13. The molecule has 1 fully saturated rings. The van der Waals surface area contributed by atoms with Crippen LogP contribution in [0.4, 0.5) is 4.79 Å². The summed E-state index contributed by atoms with van der Waals surface area (Å²) in [5.74, 6) is -1.57. The van der Waals surface area contributed by atoms with Crippen LogP contribution in [0.5, 0.6) is 0 Å². The maximum atomic E-state index is 11.4. The topological polar surface area (TPSA) is 92.3 Å². The quantitative estimate of drug-likeness (QED) is 0.515. The molecule has 6 nitrogen and oxygen atoms in total. The molecule has 1 aliphatic carbocycles. The average molecular weight is 226 g/mol. The molecule has 2 aliphatic rings. The van der Waals surface area contributed by atoms with E-state index in [1.807, 2.05) is 5.32 Å². The summed E-state index contributed by atoms with van der Waals surface area (Å²) in [7, 11) is -2.48. The molecule has 0 radical (unpaired) electrons. The summed E-state index contributed by atoms with van der Waals surface area (Å²) in [6, 6.07) is -0.645. The van der Waals surface area contributed by atoms with E-state index < -0.39 is 28.1 Å². The summed E-state index contributed by atoms with van der Waals surface area (Å²) in [6.45, 7) is 0. The number of amides is 3. The Kier molecular flexibility index (Phi) is 2.16. The number of rotatable bonds is 0. The molecule has 1 saturated heterocycles. The highest BCUT2D eigenvalue weighted by atomic mass is 32.2. The van der Waals surface area contributed by atoms with Crippen molar-refractivity contribution in [3.8, 4) is 0 Å². The molecule has 0 aromatic carbocycles. The molecule has 15 heavy (non-hydrogen) atoms. The SMILES string of the molecule is O=C1NC(=O)C2C(=CC=CC2=S(=O)=O)N1. The van der Waals surface area contributed by atoms with Crippen LogP contribution in [0.25, 0.3) is 0 Å². The maximum Gasteiger partial charge on any atom is 0.325 e. The highest BCUT2D eigenvalue weighted by Crippen LogP contribution is 2.18. The third-order valence-corrected chi connectivity index (χ3v) is 2.84. The minimum atomic E-state index is -2.48. The number of allylic oxidation sites excluding steroid dienone is 3. The maximum absolute atomic E-state index is 11.4. The van der Waals surface area contributed by atoms with Crippen molar-refractivity contribution in [2.75, 3.05) is 0 Å². The first-order valence-electron chi connectivity index (χ1n) is 4.06. The third kappa shape index (κ3) is 1.57. The Bertz CT molecular complexity index is 533. The zero-order valence-corrected chi connectivity index (χ0v) is 8.17. The van der Waals surface area contributed by atoms with E-state index >= 15 is 0 Å². The molecule has 78 valence electrons. The molecule has 0 aromatic heterocycles. The lowest BCUT2D eigenvalue weighted by Crippen LogP contribution is -2.53. The molecule has 2 N–H and O–H groups in total. The Morgan fingerprint density at radius 2 is 1.93 bits per heavy atom. The standard InChI is InChI=1S/C8H6N2O4S/c11-7-6-4(9-8(12)10-7)2-1-3-5(6)15(13)14/h1-3,6H,(H2,9,10,11,12). The number of urea groups is 1. The van der Waals surface area contributed by atoms with Gasteiger partial charge in [-0.1, -0.05) is 6.08 Å². The van der Waals surface area contributed by atoms with Gasteiger partial charge >= 0.3 is 6.03 Å². The Morgan fingerprint density at radius 1 is 1.20 bits per heavy atom. The van der Waals surface area contributed by atoms with E-state index in [0.29, 0.717) is 0 Å². The molecule has 2 rings (SSSR count). The van der Waals surface area contributed by atoms with Crippen molar-refractivity contribution >= 4 is 27.1 Å². The van der Waals surface area contributed by atoms with E-state index in [9.17, 15) is 18.0 Å². The molecule has 1 atom stereocenters. The van der Waals surface area contributed by atoms with Gasteiger partial charge in [0.15, 0.2) is 0 Å². The lowest BCUT2D eigenvalue weighted by atomic mass is 9.94. The van der Waals surface area contributed by atoms with Crippen molar-refractivity contribution in [1.29, 1.82) is 0 Å². The van der Waals surface area contributed by atoms with E-state index in [2.05, 4.69) is 5.32 Å². The molecular formula is C8H6N2O4S. The van der Waals surface area contributed by atoms with Gasteiger partial charge in [0.2, 0.25) is 16.2 Å². The summed E-state index contributed by atoms with van der Waals surface area (Å²) in [6.07, 6.45) is 4.29. The van der Waals surface area contributed by atoms with Crippen LogP contribution in [-0.2, 0) is 15.1 Å². The van der Waals surface area contributed by atoms with Gasteiger partial charge in [-0.3, -0.25) is 10.1 Å². The molecular weight excluding hydrogens is 220 g/mol. The van der Waals surface area contributed by atoms with Crippen LogP contribution in [0.2, 0.25) is 0 Å². The van der Waals surface area contributed by atoms with Gasteiger partial charge in [0, 0.05) is 5.70 Å². The van der Waals surface area contributed by atoms with Gasteiger partial charge in [0.25, 0.3) is 0 Å². The zero-order chi connectivity index (χ0) is 11.0. The second kappa shape index (κ2) is 3.35. The number of carbonyl (C=O) groups excluding carboxylic acids is 2. The minimum absolute atomic E-state index is 0.0509. The van der Waals surface area contributed by atoms with Crippen LogP contribution in [0.15, 0.2) is 23.9 Å². The van der Waals surface area contributed by atoms with Crippen molar-refractivity contribution in [1.82, 2.24) is 10.6 Å². The second-order valence-electron chi connectivity index (χ2n) is 2.99. The Labute approximate surface area is 86.2 Å². The number of nitrogens with one attached hydrogen (secondary N) is 2. The summed E-state index contributed by atoms with van der Waals surface area (Å²) < 4.78 is 21.7. The second-order valence-corrected chi connectivity index (χ2v) is 3.94. The lowest BCUT2D eigenvalue weighted by molar-refractivity contribution is -0.121. The van der Waals surface area contributed by atoms with E-state index in [0.717, 1.165) is 0 Å². The van der Waals surface area contributed by atoms with E-state index in [1.165, 1.54) is 18.2 Å². The molecule has 7 heteroatoms. The van der Waals surface area contributed by atoms with Gasteiger partial charge in [-0.2, -0.15) is 8.42 Å². The van der Waals surface area contributed by atoms with E-state index in [1.54, 1.807) is 0 Å². The summed E-state index contributed by atoms with van der Waals surface area (Å²) in [5, 5.41) is 4.38. The van der Waals surface area contributed by atoms with Crippen molar-refractivity contribution < 1.29 is 18.0 Å². The fourth-order valence-corrected chi connectivity index (χ4v) is 2.09. The molecule has 1 aliphatic heterocycles. The van der Waals surface area contributed by atoms with Crippen molar-refractivity contribution in [2.24, 2.45) is 5.92 Å². The van der Waals surface area contributed by atoms with Gasteiger partial charge in [-0.25, -0.2) is 4.79 Å². The number of imide groups is 1. The van der Waals surface area contributed by atoms with Crippen LogP contribution in [0, 0.1) is 5.92 Å². The molecule has 3 amide bonds. The number of hydrogen-bond donors (Lipinski definition) is 2. The van der Waals surface area contributed by atoms with E-state index in [4.69, 9.17) is 0 Å². The summed E-state index contributed by atoms with van der Waals surface area (Å²) >= 11 is 0. The Morgan fingerprint density at radius 3 is 2.60 bits per heavy atom. The minimum Gasteiger partial charge on any atom is -0.310 e. The smallest absolute Gasteiger partial charge is 0.310 e. The van der Waals surface area contributed by atoms with Crippen LogP contribution in [-0.4, -0.2) is 25.2 Å². The van der Waals surface area contributed by atoms with Crippen LogP contribution < -0.4 is 10.6 Å². The molecule has 0 bridgehead atoms. The monoisotopic (exact) mass is 226 g/mol. The molecule has 1 heterocycles. The van der Waals surface area contributed by atoms with Gasteiger partial charge in [0.1, 0.15) is 5.92 Å². The normalized spacial score (nSPS) is 23.9. The van der Waals surface area contributed by atoms with Gasteiger partial charge in [0.05, 0.1) is 4.86 Å². The zero-order valence-electron chi connectivity index (χ0n) is 7.35. The fourth-order valence-electron chi connectivity index (χ4n) is 1.47. The predicted octanol–water partition coefficient (Wildman–Crippen LogP) is -1.05. The van der Waals surface area contributed by atoms with E-state index in [-0.39, 0.29) is 10.6 Å². The van der Waals surface area contributed by atoms with Crippen LogP contribution in [0.3, 0.4) is 0 Å². The molecule has 1 unspecified atom stereocenters. The first kappa shape index (κ1) is 9.66. The fraction of sp³-hybridized carbons (Fsp3) is 0.125. The first-order chi connectivity index (χ1) is 7.09. The summed E-state index contributed by atoms with van der Waals surface area (Å²) in [5.41, 5.74) is 0.283. The molecule has 0 spiro atoms. The lowest BCUT2D eigenvalue weighted by Gasteiger charge is -2.25. The van der Waals surface area contributed by atoms with Crippen molar-refractivity contribution in [2.45, 2.75) is 0 Å². The van der Waals surface area contributed by atoms with Crippen LogP contribution >= 0.6 is 0 Å². The number of fused-ring (bicyclic) bond motifs is 1. The van der Waals surface area contributed by atoms with Crippen molar-refractivity contribution in [3.63, 3.8) is 0 Å². The third-order valence-electron chi connectivity index (χ3n) is 2.08. The predicted molar refractivity (Wildman–Crippen MR) is 51.3 cm³/mol. The van der Waals surface area contributed by atoms with Gasteiger partial charge in [-0.15, -0.1) is 0 Å². The Balaban J connectivity index is 2.55. The average Bonchev–Trinajstić information content (AvgIpc) is 2.16. The number of hydrogen-bond acceptors (Lipinski definition) is 4. The summed E-state index contributed by atoms with van der Waals surface area (Å²) in [4.78, 5) is 22.3. The Hall–Kier alpha value is -1.89. The highest BCUT2D eigenvalue weighted by molar-refractivity contribution is 7.73. The largest absolute Gasteiger partial charge is 0.325 e. The van der Waals surface area contributed by atoms with Crippen LogP contribution in [0.1, 0.15) is 0 Å². The molecule has 0 saturated carbocycles. The van der Waals surface area contributed by atoms with Crippen molar-refractivity contribution in [3.05, 3.63) is 23.9 Å².